The van der Waals surface area contributed by atoms with Gasteiger partial charge in [0, 0.05) is 31.2 Å². The van der Waals surface area contributed by atoms with Crippen LogP contribution in [0.4, 0.5) is 14.6 Å². The highest BCUT2D eigenvalue weighted by molar-refractivity contribution is 7.98. The summed E-state index contributed by atoms with van der Waals surface area (Å²) >= 11 is 1.38. The number of nitrogens with zero attached hydrogens (tertiary/aromatic N) is 2. The Labute approximate surface area is 176 Å². The van der Waals surface area contributed by atoms with Crippen LogP contribution in [0.15, 0.2) is 52.4 Å². The molecule has 2 aromatic carbocycles. The Morgan fingerprint density at radius 1 is 1.20 bits per heavy atom. The third-order valence-corrected chi connectivity index (χ3v) is 6.19. The number of halogens is 2. The van der Waals surface area contributed by atoms with Gasteiger partial charge in [-0.25, -0.2) is 8.78 Å². The van der Waals surface area contributed by atoms with Gasteiger partial charge in [0.15, 0.2) is 5.16 Å². The molecule has 1 aliphatic heterocycles. The van der Waals surface area contributed by atoms with E-state index < -0.39 is 23.1 Å². The number of benzene rings is 2. The van der Waals surface area contributed by atoms with Crippen molar-refractivity contribution in [3.63, 3.8) is 0 Å². The first-order valence-corrected chi connectivity index (χ1v) is 10.4. The van der Waals surface area contributed by atoms with E-state index in [1.165, 1.54) is 17.8 Å². The van der Waals surface area contributed by atoms with Crippen LogP contribution in [-0.4, -0.2) is 15.5 Å². The van der Waals surface area contributed by atoms with E-state index in [1.807, 2.05) is 25.1 Å². The van der Waals surface area contributed by atoms with Crippen molar-refractivity contribution in [2.45, 2.75) is 30.2 Å². The Bertz CT molecular complexity index is 1210. The average molecular weight is 427 g/mol. The van der Waals surface area contributed by atoms with Gasteiger partial charge in [-0.3, -0.25) is 9.59 Å². The number of thioether (sulfide) groups is 1. The van der Waals surface area contributed by atoms with Gasteiger partial charge in [-0.2, -0.15) is 4.98 Å². The van der Waals surface area contributed by atoms with Crippen molar-refractivity contribution in [2.24, 2.45) is 7.05 Å². The summed E-state index contributed by atoms with van der Waals surface area (Å²) in [5.74, 6) is -1.77. The van der Waals surface area contributed by atoms with E-state index in [4.69, 9.17) is 0 Å². The van der Waals surface area contributed by atoms with Gasteiger partial charge in [-0.15, -0.1) is 0 Å². The van der Waals surface area contributed by atoms with Gasteiger partial charge in [0.25, 0.3) is 5.56 Å². The van der Waals surface area contributed by atoms with Crippen molar-refractivity contribution in [1.29, 1.82) is 0 Å². The first kappa shape index (κ1) is 20.3. The van der Waals surface area contributed by atoms with Crippen LogP contribution < -0.4 is 10.9 Å². The molecule has 0 unspecified atom stereocenters. The molecular weight excluding hydrogens is 408 g/mol. The first-order chi connectivity index (χ1) is 14.3. The third-order valence-electron chi connectivity index (χ3n) is 5.09. The van der Waals surface area contributed by atoms with E-state index in [0.29, 0.717) is 16.7 Å². The maximum Gasteiger partial charge on any atom is 0.279 e. The number of anilines is 1. The van der Waals surface area contributed by atoms with E-state index in [9.17, 15) is 18.4 Å². The number of carbonyl (C=O) groups is 1. The van der Waals surface area contributed by atoms with Crippen molar-refractivity contribution in [3.8, 4) is 0 Å². The third kappa shape index (κ3) is 3.87. The molecule has 0 spiro atoms. The molecule has 3 aromatic rings. The normalized spacial score (nSPS) is 15.6. The summed E-state index contributed by atoms with van der Waals surface area (Å²) in [7, 11) is 1.70. The largest absolute Gasteiger partial charge is 0.312 e. The second kappa shape index (κ2) is 8.02. The molecule has 0 fully saturated rings. The number of hydrogen-bond donors (Lipinski definition) is 1. The number of rotatable bonds is 4. The minimum Gasteiger partial charge on any atom is -0.312 e. The number of amides is 1. The van der Waals surface area contributed by atoms with Crippen molar-refractivity contribution in [1.82, 2.24) is 9.55 Å². The Balaban J connectivity index is 1.74. The minimum atomic E-state index is -0.823. The van der Waals surface area contributed by atoms with Gasteiger partial charge in [-0.1, -0.05) is 47.7 Å². The number of fused-ring (bicyclic) bond motifs is 1. The van der Waals surface area contributed by atoms with Crippen molar-refractivity contribution >= 4 is 23.5 Å². The summed E-state index contributed by atoms with van der Waals surface area (Å²) in [4.78, 5) is 29.4. The van der Waals surface area contributed by atoms with Gasteiger partial charge in [-0.05, 0) is 24.1 Å². The number of carbonyl (C=O) groups excluding carboxylic acids is 1. The fourth-order valence-electron chi connectivity index (χ4n) is 3.66. The smallest absolute Gasteiger partial charge is 0.279 e. The molecule has 4 rings (SSSR count). The van der Waals surface area contributed by atoms with Gasteiger partial charge in [0.2, 0.25) is 5.91 Å². The minimum absolute atomic E-state index is 0.103. The maximum atomic E-state index is 14.4. The molecule has 2 heterocycles. The van der Waals surface area contributed by atoms with E-state index in [0.717, 1.165) is 23.3 Å². The van der Waals surface area contributed by atoms with Crippen LogP contribution in [0.2, 0.25) is 0 Å². The lowest BCUT2D eigenvalue weighted by Gasteiger charge is -2.27. The lowest BCUT2D eigenvalue weighted by molar-refractivity contribution is -0.116. The quantitative estimate of drug-likeness (QED) is 0.502. The average Bonchev–Trinajstić information content (AvgIpc) is 2.69. The summed E-state index contributed by atoms with van der Waals surface area (Å²) in [6, 6.07) is 11.2. The Hall–Kier alpha value is -3.00. The predicted octanol–water partition coefficient (Wildman–Crippen LogP) is 4.13. The van der Waals surface area contributed by atoms with E-state index in [1.54, 1.807) is 11.6 Å². The van der Waals surface area contributed by atoms with Crippen LogP contribution in [0.25, 0.3) is 0 Å². The summed E-state index contributed by atoms with van der Waals surface area (Å²) in [6.45, 7) is 2.01. The number of nitrogens with one attached hydrogen (secondary N) is 1. The lowest BCUT2D eigenvalue weighted by atomic mass is 9.86. The molecule has 0 saturated heterocycles. The second-order valence-electron chi connectivity index (χ2n) is 7.27. The highest BCUT2D eigenvalue weighted by Gasteiger charge is 2.33. The Morgan fingerprint density at radius 2 is 2.00 bits per heavy atom. The maximum absolute atomic E-state index is 14.4. The van der Waals surface area contributed by atoms with Crippen LogP contribution in [0.5, 0.6) is 0 Å². The summed E-state index contributed by atoms with van der Waals surface area (Å²) in [6.07, 6.45) is -0.109. The molecule has 1 amide bonds. The molecule has 0 radical (unpaired) electrons. The molecule has 0 aliphatic carbocycles. The van der Waals surface area contributed by atoms with Crippen LogP contribution >= 0.6 is 11.8 Å². The van der Waals surface area contributed by atoms with Crippen LogP contribution in [-0.2, 0) is 17.6 Å². The number of aryl methyl sites for hydroxylation is 1. The number of aromatic nitrogens is 2. The van der Waals surface area contributed by atoms with Crippen molar-refractivity contribution < 1.29 is 13.6 Å². The molecular formula is C22H19F2N3O2S. The molecule has 5 nitrogen and oxygen atoms in total. The summed E-state index contributed by atoms with van der Waals surface area (Å²) in [5, 5.41) is 3.17. The van der Waals surface area contributed by atoms with Gasteiger partial charge in [0.05, 0.1) is 5.56 Å². The Kier molecular flexibility index (Phi) is 5.42. The van der Waals surface area contributed by atoms with Crippen LogP contribution in [0.3, 0.4) is 0 Å². The standard InChI is InChI=1S/C22H19F2N3O2S/c1-12-4-3-5-13(8-12)11-30-22-26-21(29)19-16(10-18(28)25-20(19)27(22)2)15-7-6-14(23)9-17(15)24/h3-9,16H,10-11H2,1-2H3,(H,25,28)/t16-/m0/s1. The second-order valence-corrected chi connectivity index (χ2v) is 8.21. The highest BCUT2D eigenvalue weighted by Crippen LogP contribution is 2.37. The van der Waals surface area contributed by atoms with Crippen LogP contribution in [0, 0.1) is 18.6 Å². The molecule has 0 saturated carbocycles. The topological polar surface area (TPSA) is 64.0 Å². The van der Waals surface area contributed by atoms with Crippen molar-refractivity contribution in [2.75, 3.05) is 5.32 Å². The summed E-state index contributed by atoms with van der Waals surface area (Å²) < 4.78 is 29.4. The molecule has 1 aromatic heterocycles. The van der Waals surface area contributed by atoms with E-state index in [2.05, 4.69) is 16.4 Å². The molecule has 0 bridgehead atoms. The first-order valence-electron chi connectivity index (χ1n) is 9.37. The monoisotopic (exact) mass is 427 g/mol. The van der Waals surface area contributed by atoms with Gasteiger partial charge in [0.1, 0.15) is 17.5 Å². The molecule has 1 N–H and O–H groups in total. The number of hydrogen-bond acceptors (Lipinski definition) is 4. The Morgan fingerprint density at radius 3 is 2.73 bits per heavy atom. The van der Waals surface area contributed by atoms with Crippen LogP contribution in [0.1, 0.15) is 34.6 Å². The molecule has 8 heteroatoms. The molecule has 30 heavy (non-hydrogen) atoms. The van der Waals surface area contributed by atoms with Crippen molar-refractivity contribution in [3.05, 3.63) is 86.7 Å². The van der Waals surface area contributed by atoms with Gasteiger partial charge < -0.3 is 9.88 Å². The zero-order chi connectivity index (χ0) is 21.4. The van der Waals surface area contributed by atoms with E-state index >= 15 is 0 Å². The predicted molar refractivity (Wildman–Crippen MR) is 112 cm³/mol. The molecule has 154 valence electrons. The highest BCUT2D eigenvalue weighted by atomic mass is 32.2. The molecule has 1 aliphatic rings. The summed E-state index contributed by atoms with van der Waals surface area (Å²) in [5.41, 5.74) is 2.01. The fraction of sp³-hybridized carbons (Fsp3) is 0.227. The zero-order valence-corrected chi connectivity index (χ0v) is 17.2. The van der Waals surface area contributed by atoms with Gasteiger partial charge >= 0.3 is 0 Å². The zero-order valence-electron chi connectivity index (χ0n) is 16.4. The van der Waals surface area contributed by atoms with E-state index in [-0.39, 0.29) is 23.5 Å². The lowest BCUT2D eigenvalue weighted by Crippen LogP contribution is -2.33. The SMILES string of the molecule is Cc1cccc(CSc2nc(=O)c3c(n2C)NC(=O)C[C@H]3c2ccc(F)cc2F)c1. The molecule has 1 atom stereocenters. The fourth-order valence-corrected chi connectivity index (χ4v) is 4.57.